The van der Waals surface area contributed by atoms with Gasteiger partial charge in [-0.2, -0.15) is 0 Å². The number of fused-ring (bicyclic) bond motifs is 1. The van der Waals surface area contributed by atoms with Gasteiger partial charge in [-0.05, 0) is 30.0 Å². The molecule has 0 saturated heterocycles. The van der Waals surface area contributed by atoms with E-state index in [0.29, 0.717) is 25.7 Å². The van der Waals surface area contributed by atoms with Crippen LogP contribution in [0.3, 0.4) is 0 Å². The van der Waals surface area contributed by atoms with Gasteiger partial charge in [0.25, 0.3) is 0 Å². The van der Waals surface area contributed by atoms with Crippen molar-refractivity contribution in [1.82, 2.24) is 15.0 Å². The summed E-state index contributed by atoms with van der Waals surface area (Å²) >= 11 is 0. The zero-order valence-corrected chi connectivity index (χ0v) is 14.2. The third-order valence-corrected chi connectivity index (χ3v) is 4.26. The maximum atomic E-state index is 5.91. The molecule has 3 rings (SSSR count). The van der Waals surface area contributed by atoms with Gasteiger partial charge in [-0.15, -0.1) is 5.10 Å². The Hall–Kier alpha value is -1.72. The van der Waals surface area contributed by atoms with E-state index in [1.54, 1.807) is 0 Å². The van der Waals surface area contributed by atoms with E-state index in [2.05, 4.69) is 55.3 Å². The summed E-state index contributed by atoms with van der Waals surface area (Å²) in [6.07, 6.45) is 2.26. The van der Waals surface area contributed by atoms with E-state index >= 15 is 0 Å². The fraction of sp³-hybridized carbons (Fsp3) is 0.556. The molecule has 0 radical (unpaired) electrons. The van der Waals surface area contributed by atoms with Crippen molar-refractivity contribution in [3.63, 3.8) is 0 Å². The summed E-state index contributed by atoms with van der Waals surface area (Å²) < 4.78 is 13.6. The molecule has 0 fully saturated rings. The van der Waals surface area contributed by atoms with Gasteiger partial charge < -0.3 is 9.47 Å². The van der Waals surface area contributed by atoms with Crippen molar-refractivity contribution < 1.29 is 9.47 Å². The van der Waals surface area contributed by atoms with E-state index in [-0.39, 0.29) is 6.10 Å². The van der Waals surface area contributed by atoms with Gasteiger partial charge in [-0.1, -0.05) is 44.5 Å². The van der Waals surface area contributed by atoms with Crippen LogP contribution in [0.25, 0.3) is 5.69 Å². The normalized spacial score (nSPS) is 18.5. The van der Waals surface area contributed by atoms with Crippen molar-refractivity contribution >= 4 is 0 Å². The van der Waals surface area contributed by atoms with E-state index in [9.17, 15) is 0 Å². The van der Waals surface area contributed by atoms with Crippen LogP contribution < -0.4 is 0 Å². The molecule has 1 aliphatic rings. The molecule has 2 heterocycles. The molecule has 0 amide bonds. The highest BCUT2D eigenvalue weighted by molar-refractivity contribution is 5.36. The number of aromatic nitrogens is 3. The number of nitrogens with zero attached hydrogens (tertiary/aromatic N) is 3. The molecular formula is C18H25N3O2. The molecule has 5 nitrogen and oxygen atoms in total. The molecule has 0 aliphatic carbocycles. The summed E-state index contributed by atoms with van der Waals surface area (Å²) in [6.45, 7) is 8.20. The molecule has 1 aromatic carbocycles. The monoisotopic (exact) mass is 315 g/mol. The molecule has 5 heteroatoms. The molecule has 1 aliphatic heterocycles. The highest BCUT2D eigenvalue weighted by Crippen LogP contribution is 2.21. The Bertz CT molecular complexity index is 634. The van der Waals surface area contributed by atoms with Crippen LogP contribution in [0.5, 0.6) is 0 Å². The molecule has 1 unspecified atom stereocenters. The topological polar surface area (TPSA) is 49.2 Å². The van der Waals surface area contributed by atoms with Crippen molar-refractivity contribution in [1.29, 1.82) is 0 Å². The predicted octanol–water partition coefficient (Wildman–Crippen LogP) is 3.61. The first-order valence-corrected chi connectivity index (χ1v) is 8.42. The SMILES string of the molecule is CCCC1COCc2c(nnn2-c2ccc(C(C)C)cc2)CO1. The molecule has 0 spiro atoms. The summed E-state index contributed by atoms with van der Waals surface area (Å²) in [7, 11) is 0. The van der Waals surface area contributed by atoms with Gasteiger partial charge in [0.2, 0.25) is 0 Å². The minimum Gasteiger partial charge on any atom is -0.372 e. The highest BCUT2D eigenvalue weighted by atomic mass is 16.5. The Balaban J connectivity index is 1.82. The zero-order chi connectivity index (χ0) is 16.2. The number of hydrogen-bond acceptors (Lipinski definition) is 4. The van der Waals surface area contributed by atoms with Crippen LogP contribution in [0.15, 0.2) is 24.3 Å². The minimum absolute atomic E-state index is 0.156. The molecule has 1 atom stereocenters. The van der Waals surface area contributed by atoms with Gasteiger partial charge in [-0.25, -0.2) is 4.68 Å². The van der Waals surface area contributed by atoms with Gasteiger partial charge in [0.1, 0.15) is 5.69 Å². The number of rotatable bonds is 4. The lowest BCUT2D eigenvalue weighted by atomic mass is 10.0. The average Bonchev–Trinajstić information content (AvgIpc) is 2.92. The molecule has 0 bridgehead atoms. The first kappa shape index (κ1) is 16.1. The van der Waals surface area contributed by atoms with Crippen LogP contribution in [-0.4, -0.2) is 27.7 Å². The van der Waals surface area contributed by atoms with Crippen LogP contribution in [0.1, 0.15) is 56.5 Å². The zero-order valence-electron chi connectivity index (χ0n) is 14.2. The highest BCUT2D eigenvalue weighted by Gasteiger charge is 2.20. The number of ether oxygens (including phenoxy) is 2. The molecule has 0 saturated carbocycles. The van der Waals surface area contributed by atoms with Crippen molar-refractivity contribution in [2.24, 2.45) is 0 Å². The summed E-state index contributed by atoms with van der Waals surface area (Å²) in [6, 6.07) is 8.46. The van der Waals surface area contributed by atoms with E-state index in [1.807, 2.05) is 4.68 Å². The van der Waals surface area contributed by atoms with Crippen molar-refractivity contribution in [2.75, 3.05) is 6.61 Å². The second-order valence-electron chi connectivity index (χ2n) is 6.38. The maximum absolute atomic E-state index is 5.91. The molecule has 23 heavy (non-hydrogen) atoms. The minimum atomic E-state index is 0.156. The van der Waals surface area contributed by atoms with Crippen LogP contribution in [0, 0.1) is 0 Å². The number of hydrogen-bond donors (Lipinski definition) is 0. The second-order valence-corrected chi connectivity index (χ2v) is 6.38. The Morgan fingerprint density at radius 1 is 1.22 bits per heavy atom. The smallest absolute Gasteiger partial charge is 0.114 e. The standard InChI is InChI=1S/C18H25N3O2/c1-4-5-16-10-22-12-18-17(11-23-16)19-20-21(18)15-8-6-14(7-9-15)13(2)3/h6-9,13,16H,4-5,10-12H2,1-3H3. The van der Waals surface area contributed by atoms with Gasteiger partial charge in [0.05, 0.1) is 37.3 Å². The second kappa shape index (κ2) is 7.23. The van der Waals surface area contributed by atoms with Crippen molar-refractivity contribution in [3.8, 4) is 5.69 Å². The Morgan fingerprint density at radius 2 is 2.00 bits per heavy atom. The predicted molar refractivity (Wildman–Crippen MR) is 88.6 cm³/mol. The molecule has 0 N–H and O–H groups in total. The lowest BCUT2D eigenvalue weighted by molar-refractivity contribution is -0.0446. The van der Waals surface area contributed by atoms with E-state index in [4.69, 9.17) is 9.47 Å². The first-order chi connectivity index (χ1) is 11.2. The van der Waals surface area contributed by atoms with Crippen molar-refractivity contribution in [3.05, 3.63) is 41.2 Å². The molecule has 124 valence electrons. The number of benzene rings is 1. The third-order valence-electron chi connectivity index (χ3n) is 4.26. The fourth-order valence-electron chi connectivity index (χ4n) is 2.82. The van der Waals surface area contributed by atoms with Crippen LogP contribution in [0.4, 0.5) is 0 Å². The quantitative estimate of drug-likeness (QED) is 0.865. The third kappa shape index (κ3) is 3.62. The lowest BCUT2D eigenvalue weighted by Crippen LogP contribution is -2.23. The maximum Gasteiger partial charge on any atom is 0.114 e. The van der Waals surface area contributed by atoms with Crippen molar-refractivity contribution in [2.45, 2.75) is 58.8 Å². The van der Waals surface area contributed by atoms with Crippen LogP contribution in [-0.2, 0) is 22.7 Å². The van der Waals surface area contributed by atoms with Crippen LogP contribution >= 0.6 is 0 Å². The summed E-state index contributed by atoms with van der Waals surface area (Å²) in [5, 5.41) is 8.60. The van der Waals surface area contributed by atoms with Gasteiger partial charge >= 0.3 is 0 Å². The largest absolute Gasteiger partial charge is 0.372 e. The van der Waals surface area contributed by atoms with Gasteiger partial charge in [0, 0.05) is 0 Å². The summed E-state index contributed by atoms with van der Waals surface area (Å²) in [4.78, 5) is 0. The lowest BCUT2D eigenvalue weighted by Gasteiger charge is -2.20. The molecule has 1 aromatic heterocycles. The average molecular weight is 315 g/mol. The molecular weight excluding hydrogens is 290 g/mol. The Labute approximate surface area is 137 Å². The first-order valence-electron chi connectivity index (χ1n) is 8.42. The van der Waals surface area contributed by atoms with Gasteiger partial charge in [-0.3, -0.25) is 0 Å². The van der Waals surface area contributed by atoms with E-state index in [1.165, 1.54) is 5.56 Å². The van der Waals surface area contributed by atoms with E-state index < -0.39 is 0 Å². The summed E-state index contributed by atoms with van der Waals surface area (Å²) in [5.74, 6) is 0.521. The Morgan fingerprint density at radius 3 is 2.70 bits per heavy atom. The fourth-order valence-corrected chi connectivity index (χ4v) is 2.82. The van der Waals surface area contributed by atoms with E-state index in [0.717, 1.165) is 29.9 Å². The summed E-state index contributed by atoms with van der Waals surface area (Å²) in [5.41, 5.74) is 4.19. The Kier molecular flexibility index (Phi) is 5.08. The van der Waals surface area contributed by atoms with Gasteiger partial charge in [0.15, 0.2) is 0 Å². The molecule has 2 aromatic rings. The van der Waals surface area contributed by atoms with Crippen LogP contribution in [0.2, 0.25) is 0 Å².